The average Bonchev–Trinajstić information content (AvgIpc) is 2.51. The topological polar surface area (TPSA) is 21.3 Å². The third-order valence-corrected chi connectivity index (χ3v) is 3.53. The van der Waals surface area contributed by atoms with E-state index in [1.54, 1.807) is 12.1 Å². The highest BCUT2D eigenvalue weighted by Gasteiger charge is 2.06. The summed E-state index contributed by atoms with van der Waals surface area (Å²) >= 11 is 0. The Kier molecular flexibility index (Phi) is 6.41. The van der Waals surface area contributed by atoms with Crippen LogP contribution in [0.2, 0.25) is 0 Å². The monoisotopic (exact) mass is 301 g/mol. The second-order valence-corrected chi connectivity index (χ2v) is 5.85. The van der Waals surface area contributed by atoms with Gasteiger partial charge in [-0.25, -0.2) is 4.39 Å². The van der Waals surface area contributed by atoms with Gasteiger partial charge in [0.05, 0.1) is 0 Å². The van der Waals surface area contributed by atoms with Crippen molar-refractivity contribution in [1.82, 2.24) is 5.32 Å². The molecule has 3 heteroatoms. The molecule has 2 nitrogen and oxygen atoms in total. The van der Waals surface area contributed by atoms with Crippen molar-refractivity contribution in [3.63, 3.8) is 0 Å². The molecule has 0 aliphatic rings. The van der Waals surface area contributed by atoms with Crippen molar-refractivity contribution >= 4 is 0 Å². The van der Waals surface area contributed by atoms with Crippen molar-refractivity contribution in [3.8, 4) is 5.75 Å². The van der Waals surface area contributed by atoms with Crippen LogP contribution in [0.4, 0.5) is 4.39 Å². The molecule has 0 saturated carbocycles. The Bertz CT molecular complexity index is 583. The second-order valence-electron chi connectivity index (χ2n) is 5.85. The van der Waals surface area contributed by atoms with Crippen LogP contribution in [0.15, 0.2) is 48.5 Å². The maximum absolute atomic E-state index is 13.6. The van der Waals surface area contributed by atoms with Gasteiger partial charge in [-0.05, 0) is 31.0 Å². The maximum atomic E-state index is 13.6. The number of hydrogen-bond acceptors (Lipinski definition) is 2. The lowest BCUT2D eigenvalue weighted by atomic mass is 10.1. The molecule has 0 amide bonds. The maximum Gasteiger partial charge on any atom is 0.129 e. The molecule has 0 saturated heterocycles. The highest BCUT2D eigenvalue weighted by molar-refractivity contribution is 5.33. The van der Waals surface area contributed by atoms with Crippen LogP contribution >= 0.6 is 0 Å². The van der Waals surface area contributed by atoms with Crippen molar-refractivity contribution < 1.29 is 9.13 Å². The lowest BCUT2D eigenvalue weighted by Crippen LogP contribution is -2.17. The molecule has 0 aliphatic carbocycles. The van der Waals surface area contributed by atoms with Gasteiger partial charge in [0, 0.05) is 17.7 Å². The van der Waals surface area contributed by atoms with Gasteiger partial charge in [0.15, 0.2) is 0 Å². The van der Waals surface area contributed by atoms with Gasteiger partial charge in [-0.15, -0.1) is 0 Å². The SMILES string of the molecule is CC(C)CCNCc1ccccc1OCc1ccccc1F. The van der Waals surface area contributed by atoms with E-state index in [1.807, 2.05) is 30.3 Å². The van der Waals surface area contributed by atoms with Crippen LogP contribution in [-0.4, -0.2) is 6.54 Å². The fourth-order valence-corrected chi connectivity index (χ4v) is 2.18. The molecule has 118 valence electrons. The van der Waals surface area contributed by atoms with E-state index in [2.05, 4.69) is 19.2 Å². The first-order valence-electron chi connectivity index (χ1n) is 7.81. The zero-order valence-corrected chi connectivity index (χ0v) is 13.3. The molecule has 0 radical (unpaired) electrons. The number of halogens is 1. The Hall–Kier alpha value is -1.87. The molecule has 22 heavy (non-hydrogen) atoms. The van der Waals surface area contributed by atoms with E-state index < -0.39 is 0 Å². The number of nitrogens with one attached hydrogen (secondary N) is 1. The molecule has 0 aromatic heterocycles. The van der Waals surface area contributed by atoms with Gasteiger partial charge < -0.3 is 10.1 Å². The highest BCUT2D eigenvalue weighted by atomic mass is 19.1. The van der Waals surface area contributed by atoms with Crippen molar-refractivity contribution in [3.05, 3.63) is 65.5 Å². The lowest BCUT2D eigenvalue weighted by molar-refractivity contribution is 0.296. The molecule has 0 heterocycles. The van der Waals surface area contributed by atoms with Gasteiger partial charge in [0.25, 0.3) is 0 Å². The van der Waals surface area contributed by atoms with Gasteiger partial charge in [0.1, 0.15) is 18.2 Å². The van der Waals surface area contributed by atoms with Gasteiger partial charge in [0.2, 0.25) is 0 Å². The summed E-state index contributed by atoms with van der Waals surface area (Å²) < 4.78 is 19.4. The largest absolute Gasteiger partial charge is 0.488 e. The molecule has 0 unspecified atom stereocenters. The Morgan fingerprint density at radius 3 is 2.41 bits per heavy atom. The molecular formula is C19H24FNO. The molecule has 2 aromatic rings. The summed E-state index contributed by atoms with van der Waals surface area (Å²) in [6, 6.07) is 14.6. The van der Waals surface area contributed by atoms with E-state index in [0.29, 0.717) is 11.5 Å². The summed E-state index contributed by atoms with van der Waals surface area (Å²) in [6.07, 6.45) is 1.15. The van der Waals surface area contributed by atoms with E-state index in [4.69, 9.17) is 4.74 Å². The lowest BCUT2D eigenvalue weighted by Gasteiger charge is -2.13. The van der Waals surface area contributed by atoms with Gasteiger partial charge in [-0.2, -0.15) is 0 Å². The minimum atomic E-state index is -0.227. The molecule has 0 spiro atoms. The first-order chi connectivity index (χ1) is 10.7. The second kappa shape index (κ2) is 8.54. The van der Waals surface area contributed by atoms with E-state index in [1.165, 1.54) is 6.07 Å². The Morgan fingerprint density at radius 2 is 1.68 bits per heavy atom. The summed E-state index contributed by atoms with van der Waals surface area (Å²) in [4.78, 5) is 0. The Morgan fingerprint density at radius 1 is 1.00 bits per heavy atom. The smallest absolute Gasteiger partial charge is 0.129 e. The zero-order valence-electron chi connectivity index (χ0n) is 13.3. The Balaban J connectivity index is 1.92. The van der Waals surface area contributed by atoms with Crippen molar-refractivity contribution in [2.45, 2.75) is 33.4 Å². The van der Waals surface area contributed by atoms with Gasteiger partial charge in [-0.3, -0.25) is 0 Å². The first-order valence-corrected chi connectivity index (χ1v) is 7.81. The normalized spacial score (nSPS) is 10.9. The summed E-state index contributed by atoms with van der Waals surface area (Å²) in [5.74, 6) is 1.28. The summed E-state index contributed by atoms with van der Waals surface area (Å²) in [7, 11) is 0. The van der Waals surface area contributed by atoms with Crippen molar-refractivity contribution in [2.75, 3.05) is 6.54 Å². The molecule has 0 fully saturated rings. The van der Waals surface area contributed by atoms with E-state index in [0.717, 1.165) is 30.8 Å². The highest BCUT2D eigenvalue weighted by Crippen LogP contribution is 2.20. The standard InChI is InChI=1S/C19H24FNO/c1-15(2)11-12-21-13-16-7-4-6-10-19(16)22-14-17-8-3-5-9-18(17)20/h3-10,15,21H,11-14H2,1-2H3. The molecule has 0 atom stereocenters. The summed E-state index contributed by atoms with van der Waals surface area (Å²) in [5.41, 5.74) is 1.67. The number of rotatable bonds is 8. The third kappa shape index (κ3) is 5.15. The molecule has 2 rings (SSSR count). The minimum absolute atomic E-state index is 0.227. The number of benzene rings is 2. The third-order valence-electron chi connectivity index (χ3n) is 3.53. The van der Waals surface area contributed by atoms with Crippen LogP contribution in [0.3, 0.4) is 0 Å². The van der Waals surface area contributed by atoms with Crippen LogP contribution in [0.5, 0.6) is 5.75 Å². The molecule has 0 bridgehead atoms. The van der Waals surface area contributed by atoms with Crippen molar-refractivity contribution in [1.29, 1.82) is 0 Å². The van der Waals surface area contributed by atoms with Gasteiger partial charge in [-0.1, -0.05) is 50.2 Å². The number of hydrogen-bond donors (Lipinski definition) is 1. The predicted octanol–water partition coefficient (Wildman–Crippen LogP) is 4.54. The van der Waals surface area contributed by atoms with Crippen molar-refractivity contribution in [2.24, 2.45) is 5.92 Å². The molecule has 2 aromatic carbocycles. The van der Waals surface area contributed by atoms with Crippen LogP contribution < -0.4 is 10.1 Å². The van der Waals surface area contributed by atoms with E-state index in [-0.39, 0.29) is 12.4 Å². The molecule has 0 aliphatic heterocycles. The predicted molar refractivity (Wildman–Crippen MR) is 88.3 cm³/mol. The first kappa shape index (κ1) is 16.5. The molecular weight excluding hydrogens is 277 g/mol. The summed E-state index contributed by atoms with van der Waals surface area (Å²) in [6.45, 7) is 6.43. The summed E-state index contributed by atoms with van der Waals surface area (Å²) in [5, 5.41) is 3.43. The number of ether oxygens (including phenoxy) is 1. The van der Waals surface area contributed by atoms with E-state index >= 15 is 0 Å². The quantitative estimate of drug-likeness (QED) is 0.723. The van der Waals surface area contributed by atoms with Gasteiger partial charge >= 0.3 is 0 Å². The van der Waals surface area contributed by atoms with E-state index in [9.17, 15) is 4.39 Å². The van der Waals surface area contributed by atoms with Crippen LogP contribution in [0.1, 0.15) is 31.4 Å². The van der Waals surface area contributed by atoms with Crippen LogP contribution in [-0.2, 0) is 13.2 Å². The van der Waals surface area contributed by atoms with Crippen LogP contribution in [0.25, 0.3) is 0 Å². The number of para-hydroxylation sites is 1. The Labute approximate surface area is 132 Å². The average molecular weight is 301 g/mol. The molecule has 1 N–H and O–H groups in total. The fourth-order valence-electron chi connectivity index (χ4n) is 2.18. The fraction of sp³-hybridized carbons (Fsp3) is 0.368. The minimum Gasteiger partial charge on any atom is -0.488 e. The zero-order chi connectivity index (χ0) is 15.8. The van der Waals surface area contributed by atoms with Crippen LogP contribution in [0, 0.1) is 11.7 Å².